The van der Waals surface area contributed by atoms with Crippen LogP contribution in [0.3, 0.4) is 0 Å². The van der Waals surface area contributed by atoms with Gasteiger partial charge in [-0.1, -0.05) is 11.6 Å². The van der Waals surface area contributed by atoms with Crippen molar-refractivity contribution in [1.82, 2.24) is 14.7 Å². The van der Waals surface area contributed by atoms with Crippen molar-refractivity contribution in [3.8, 4) is 5.75 Å². The van der Waals surface area contributed by atoms with Gasteiger partial charge in [0.05, 0.1) is 12.7 Å². The van der Waals surface area contributed by atoms with Gasteiger partial charge in [-0.2, -0.15) is 5.10 Å². The van der Waals surface area contributed by atoms with Crippen molar-refractivity contribution in [3.05, 3.63) is 11.3 Å². The predicted molar refractivity (Wildman–Crippen MR) is 54.6 cm³/mol. The van der Waals surface area contributed by atoms with Gasteiger partial charge in [-0.3, -0.25) is 0 Å². The largest absolute Gasteiger partial charge is 0.504 e. The summed E-state index contributed by atoms with van der Waals surface area (Å²) >= 11 is 5.83. The molecular weight excluding hydrogens is 202 g/mol. The van der Waals surface area contributed by atoms with E-state index in [4.69, 9.17) is 11.6 Å². The molecule has 0 saturated carbocycles. The van der Waals surface area contributed by atoms with Gasteiger partial charge in [0.1, 0.15) is 0 Å². The molecule has 0 bridgehead atoms. The SMILES string of the molecule is Oc1cnn(CCN2CCCC2)c1Cl. The summed E-state index contributed by atoms with van der Waals surface area (Å²) in [7, 11) is 0. The second-order valence-electron chi connectivity index (χ2n) is 3.59. The summed E-state index contributed by atoms with van der Waals surface area (Å²) in [6.07, 6.45) is 3.96. The Morgan fingerprint density at radius 2 is 2.07 bits per heavy atom. The minimum Gasteiger partial charge on any atom is -0.504 e. The van der Waals surface area contributed by atoms with Crippen molar-refractivity contribution < 1.29 is 5.11 Å². The molecule has 4 nitrogen and oxygen atoms in total. The molecule has 14 heavy (non-hydrogen) atoms. The third kappa shape index (κ3) is 2.01. The van der Waals surface area contributed by atoms with Crippen molar-refractivity contribution in [3.63, 3.8) is 0 Å². The number of halogens is 1. The van der Waals surface area contributed by atoms with Crippen molar-refractivity contribution in [2.45, 2.75) is 19.4 Å². The van der Waals surface area contributed by atoms with E-state index in [1.54, 1.807) is 4.68 Å². The third-order valence-electron chi connectivity index (χ3n) is 2.58. The Labute approximate surface area is 88.1 Å². The molecule has 0 aromatic carbocycles. The Bertz CT molecular complexity index is 307. The van der Waals surface area contributed by atoms with Gasteiger partial charge < -0.3 is 10.0 Å². The van der Waals surface area contributed by atoms with Crippen LogP contribution in [-0.2, 0) is 6.54 Å². The first-order valence-electron chi connectivity index (χ1n) is 4.90. The van der Waals surface area contributed by atoms with Gasteiger partial charge in [0.25, 0.3) is 0 Å². The van der Waals surface area contributed by atoms with E-state index in [9.17, 15) is 5.11 Å². The maximum Gasteiger partial charge on any atom is 0.172 e. The molecule has 0 atom stereocenters. The smallest absolute Gasteiger partial charge is 0.172 e. The summed E-state index contributed by atoms with van der Waals surface area (Å²) in [6.45, 7) is 4.05. The molecule has 5 heteroatoms. The molecule has 0 radical (unpaired) electrons. The van der Waals surface area contributed by atoms with Gasteiger partial charge in [-0.05, 0) is 25.9 Å². The van der Waals surface area contributed by atoms with Crippen LogP contribution in [0, 0.1) is 0 Å². The number of aromatic hydroxyl groups is 1. The maximum atomic E-state index is 9.20. The molecule has 0 aliphatic carbocycles. The lowest BCUT2D eigenvalue weighted by Gasteiger charge is -2.14. The third-order valence-corrected chi connectivity index (χ3v) is 2.97. The van der Waals surface area contributed by atoms with Crippen LogP contribution in [0.4, 0.5) is 0 Å². The molecule has 1 saturated heterocycles. The van der Waals surface area contributed by atoms with Gasteiger partial charge in [-0.25, -0.2) is 4.68 Å². The van der Waals surface area contributed by atoms with E-state index in [2.05, 4.69) is 10.00 Å². The average molecular weight is 216 g/mol. The normalized spacial score (nSPS) is 17.8. The summed E-state index contributed by atoms with van der Waals surface area (Å²) in [6, 6.07) is 0. The summed E-state index contributed by atoms with van der Waals surface area (Å²) in [5, 5.41) is 13.5. The Balaban J connectivity index is 1.88. The second kappa shape index (κ2) is 4.19. The number of nitrogens with zero attached hydrogens (tertiary/aromatic N) is 3. The van der Waals surface area contributed by atoms with Crippen LogP contribution in [0.25, 0.3) is 0 Å². The van der Waals surface area contributed by atoms with Gasteiger partial charge in [0.2, 0.25) is 0 Å². The van der Waals surface area contributed by atoms with E-state index in [1.807, 2.05) is 0 Å². The summed E-state index contributed by atoms with van der Waals surface area (Å²) < 4.78 is 1.63. The topological polar surface area (TPSA) is 41.3 Å². The quantitative estimate of drug-likeness (QED) is 0.828. The molecule has 1 aromatic rings. The maximum absolute atomic E-state index is 9.20. The second-order valence-corrected chi connectivity index (χ2v) is 3.95. The predicted octanol–water partition coefficient (Wildman–Crippen LogP) is 1.34. The fraction of sp³-hybridized carbons (Fsp3) is 0.667. The first-order valence-corrected chi connectivity index (χ1v) is 5.28. The van der Waals surface area contributed by atoms with Gasteiger partial charge >= 0.3 is 0 Å². The van der Waals surface area contributed by atoms with Crippen LogP contribution >= 0.6 is 11.6 Å². The molecular formula is C9H14ClN3O. The van der Waals surface area contributed by atoms with E-state index in [1.165, 1.54) is 32.1 Å². The number of likely N-dealkylation sites (tertiary alicyclic amines) is 1. The van der Waals surface area contributed by atoms with E-state index < -0.39 is 0 Å². The van der Waals surface area contributed by atoms with Crippen LogP contribution < -0.4 is 0 Å². The first-order chi connectivity index (χ1) is 6.77. The standard InChI is InChI=1S/C9H14ClN3O/c10-9-8(14)7-11-13(9)6-5-12-3-1-2-4-12/h7,14H,1-6H2. The Kier molecular flexibility index (Phi) is 2.93. The summed E-state index contributed by atoms with van der Waals surface area (Å²) in [5.41, 5.74) is 0. The summed E-state index contributed by atoms with van der Waals surface area (Å²) in [5.74, 6) is 0.0630. The van der Waals surface area contributed by atoms with Crippen LogP contribution in [0.15, 0.2) is 6.20 Å². The van der Waals surface area contributed by atoms with Crippen molar-refractivity contribution in [2.75, 3.05) is 19.6 Å². The number of aromatic nitrogens is 2. The van der Waals surface area contributed by atoms with Crippen LogP contribution in [0.5, 0.6) is 5.75 Å². The van der Waals surface area contributed by atoms with Crippen LogP contribution in [0.1, 0.15) is 12.8 Å². The number of rotatable bonds is 3. The highest BCUT2D eigenvalue weighted by Gasteiger charge is 2.12. The average Bonchev–Trinajstić information content (AvgIpc) is 2.77. The Hall–Kier alpha value is -0.740. The van der Waals surface area contributed by atoms with E-state index >= 15 is 0 Å². The minimum atomic E-state index is 0.0630. The molecule has 1 fully saturated rings. The Morgan fingerprint density at radius 3 is 2.64 bits per heavy atom. The van der Waals surface area contributed by atoms with Crippen molar-refractivity contribution >= 4 is 11.6 Å². The lowest BCUT2D eigenvalue weighted by atomic mass is 10.4. The fourth-order valence-electron chi connectivity index (χ4n) is 1.76. The highest BCUT2D eigenvalue weighted by atomic mass is 35.5. The molecule has 0 spiro atoms. The van der Waals surface area contributed by atoms with Gasteiger partial charge in [0, 0.05) is 6.54 Å². The lowest BCUT2D eigenvalue weighted by Crippen LogP contribution is -2.24. The number of hydrogen-bond donors (Lipinski definition) is 1. The zero-order chi connectivity index (χ0) is 9.97. The molecule has 1 aliphatic rings. The molecule has 2 rings (SSSR count). The van der Waals surface area contributed by atoms with Gasteiger partial charge in [0.15, 0.2) is 10.9 Å². The highest BCUT2D eigenvalue weighted by molar-refractivity contribution is 6.30. The molecule has 1 N–H and O–H groups in total. The zero-order valence-corrected chi connectivity index (χ0v) is 8.74. The molecule has 78 valence electrons. The van der Waals surface area contributed by atoms with Crippen molar-refractivity contribution in [2.24, 2.45) is 0 Å². The van der Waals surface area contributed by atoms with Crippen molar-refractivity contribution in [1.29, 1.82) is 0 Å². The molecule has 0 amide bonds. The van der Waals surface area contributed by atoms with Crippen LogP contribution in [-0.4, -0.2) is 39.4 Å². The molecule has 0 unspecified atom stereocenters. The highest BCUT2D eigenvalue weighted by Crippen LogP contribution is 2.21. The van der Waals surface area contributed by atoms with E-state index in [0.717, 1.165) is 13.1 Å². The zero-order valence-electron chi connectivity index (χ0n) is 7.99. The Morgan fingerprint density at radius 1 is 1.36 bits per heavy atom. The minimum absolute atomic E-state index is 0.0630. The van der Waals surface area contributed by atoms with Crippen LogP contribution in [0.2, 0.25) is 5.15 Å². The van der Waals surface area contributed by atoms with E-state index in [-0.39, 0.29) is 5.75 Å². The monoisotopic (exact) mass is 215 g/mol. The molecule has 1 aliphatic heterocycles. The van der Waals surface area contributed by atoms with Gasteiger partial charge in [-0.15, -0.1) is 0 Å². The lowest BCUT2D eigenvalue weighted by molar-refractivity contribution is 0.315. The number of hydrogen-bond acceptors (Lipinski definition) is 3. The fourth-order valence-corrected chi connectivity index (χ4v) is 1.94. The molecule has 1 aromatic heterocycles. The molecule has 2 heterocycles. The van der Waals surface area contributed by atoms with E-state index in [0.29, 0.717) is 5.15 Å². The summed E-state index contributed by atoms with van der Waals surface area (Å²) in [4.78, 5) is 2.38. The first kappa shape index (κ1) is 9.80.